The summed E-state index contributed by atoms with van der Waals surface area (Å²) in [4.78, 5) is 0. The van der Waals surface area contributed by atoms with Crippen molar-refractivity contribution < 1.29 is 14.2 Å². The Balaban J connectivity index is 1.68. The number of rotatable bonds is 2. The van der Waals surface area contributed by atoms with Crippen LogP contribution in [0.15, 0.2) is 29.8 Å². The van der Waals surface area contributed by atoms with Crippen molar-refractivity contribution >= 4 is 6.08 Å². The van der Waals surface area contributed by atoms with Crippen LogP contribution in [-0.2, 0) is 9.47 Å². The molecule has 1 aliphatic carbocycles. The second-order valence-electron chi connectivity index (χ2n) is 5.19. The van der Waals surface area contributed by atoms with Crippen molar-refractivity contribution in [1.82, 2.24) is 0 Å². The van der Waals surface area contributed by atoms with Crippen LogP contribution < -0.4 is 4.74 Å². The van der Waals surface area contributed by atoms with Crippen molar-refractivity contribution in [2.24, 2.45) is 0 Å². The van der Waals surface area contributed by atoms with E-state index in [1.54, 1.807) is 7.11 Å². The van der Waals surface area contributed by atoms with Gasteiger partial charge in [0.15, 0.2) is 5.79 Å². The molecule has 3 heteroatoms. The summed E-state index contributed by atoms with van der Waals surface area (Å²) in [7, 11) is 1.70. The van der Waals surface area contributed by atoms with E-state index in [0.29, 0.717) is 0 Å². The van der Waals surface area contributed by atoms with E-state index in [9.17, 15) is 0 Å². The fourth-order valence-electron chi connectivity index (χ4n) is 2.85. The molecule has 1 aliphatic heterocycles. The molecule has 0 bridgehead atoms. The highest BCUT2D eigenvalue weighted by atomic mass is 16.7. The predicted molar refractivity (Wildman–Crippen MR) is 74.1 cm³/mol. The SMILES string of the molecule is COc1cccc(C=C2CCC3(CC2)OCCO3)c1. The quantitative estimate of drug-likeness (QED) is 0.815. The molecule has 2 fully saturated rings. The fraction of sp³-hybridized carbons (Fsp3) is 0.500. The van der Waals surface area contributed by atoms with Gasteiger partial charge in [-0.2, -0.15) is 0 Å². The second kappa shape index (κ2) is 5.35. The highest BCUT2D eigenvalue weighted by Crippen LogP contribution is 2.38. The standard InChI is InChI=1S/C16H20O3/c1-17-15-4-2-3-14(12-15)11-13-5-7-16(8-6-13)18-9-10-19-16/h2-4,11-12H,5-10H2,1H3. The van der Waals surface area contributed by atoms with Crippen LogP contribution >= 0.6 is 0 Å². The Morgan fingerprint density at radius 1 is 1.16 bits per heavy atom. The van der Waals surface area contributed by atoms with Gasteiger partial charge in [0, 0.05) is 12.8 Å². The van der Waals surface area contributed by atoms with Crippen molar-refractivity contribution in [2.75, 3.05) is 20.3 Å². The second-order valence-corrected chi connectivity index (χ2v) is 5.19. The Morgan fingerprint density at radius 3 is 2.58 bits per heavy atom. The molecule has 3 rings (SSSR count). The molecule has 1 heterocycles. The van der Waals surface area contributed by atoms with Crippen molar-refractivity contribution in [3.63, 3.8) is 0 Å². The highest BCUT2D eigenvalue weighted by molar-refractivity contribution is 5.55. The molecule has 102 valence electrons. The van der Waals surface area contributed by atoms with E-state index in [2.05, 4.69) is 18.2 Å². The Kier molecular flexibility index (Phi) is 3.58. The number of hydrogen-bond acceptors (Lipinski definition) is 3. The van der Waals surface area contributed by atoms with E-state index in [-0.39, 0.29) is 5.79 Å². The van der Waals surface area contributed by atoms with Crippen molar-refractivity contribution in [3.8, 4) is 5.75 Å². The average Bonchev–Trinajstić information content (AvgIpc) is 2.90. The molecule has 2 aliphatic rings. The summed E-state index contributed by atoms with van der Waals surface area (Å²) in [6, 6.07) is 8.18. The summed E-state index contributed by atoms with van der Waals surface area (Å²) in [5.74, 6) is 0.634. The van der Waals surface area contributed by atoms with Crippen LogP contribution in [0.1, 0.15) is 31.2 Å². The van der Waals surface area contributed by atoms with Crippen molar-refractivity contribution in [2.45, 2.75) is 31.5 Å². The zero-order chi connectivity index (χ0) is 13.1. The van der Waals surface area contributed by atoms with Gasteiger partial charge in [-0.25, -0.2) is 0 Å². The minimum atomic E-state index is -0.272. The lowest BCUT2D eigenvalue weighted by atomic mass is 9.88. The minimum absolute atomic E-state index is 0.272. The largest absolute Gasteiger partial charge is 0.497 e. The molecule has 0 radical (unpaired) electrons. The number of methoxy groups -OCH3 is 1. The first-order chi connectivity index (χ1) is 9.30. The lowest BCUT2D eigenvalue weighted by Crippen LogP contribution is -2.33. The first kappa shape index (κ1) is 12.7. The number of hydrogen-bond donors (Lipinski definition) is 0. The van der Waals surface area contributed by atoms with Gasteiger partial charge in [-0.3, -0.25) is 0 Å². The summed E-state index contributed by atoms with van der Waals surface area (Å²) in [6.07, 6.45) is 6.32. The summed E-state index contributed by atoms with van der Waals surface area (Å²) in [6.45, 7) is 1.49. The Morgan fingerprint density at radius 2 is 1.89 bits per heavy atom. The summed E-state index contributed by atoms with van der Waals surface area (Å²) >= 11 is 0. The monoisotopic (exact) mass is 260 g/mol. The molecule has 0 atom stereocenters. The van der Waals surface area contributed by atoms with Crippen molar-refractivity contribution in [1.29, 1.82) is 0 Å². The zero-order valence-electron chi connectivity index (χ0n) is 11.4. The molecule has 0 unspecified atom stereocenters. The smallest absolute Gasteiger partial charge is 0.169 e. The third kappa shape index (κ3) is 2.82. The topological polar surface area (TPSA) is 27.7 Å². The van der Waals surface area contributed by atoms with Crippen LogP contribution in [0, 0.1) is 0 Å². The van der Waals surface area contributed by atoms with E-state index < -0.39 is 0 Å². The van der Waals surface area contributed by atoms with Gasteiger partial charge < -0.3 is 14.2 Å². The van der Waals surface area contributed by atoms with Crippen LogP contribution in [0.5, 0.6) is 5.75 Å². The van der Waals surface area contributed by atoms with Gasteiger partial charge in [-0.05, 0) is 30.5 Å². The lowest BCUT2D eigenvalue weighted by molar-refractivity contribution is -0.171. The minimum Gasteiger partial charge on any atom is -0.497 e. The molecule has 1 saturated carbocycles. The van der Waals surface area contributed by atoms with Crippen molar-refractivity contribution in [3.05, 3.63) is 35.4 Å². The fourth-order valence-corrected chi connectivity index (χ4v) is 2.85. The first-order valence-corrected chi connectivity index (χ1v) is 6.91. The maximum absolute atomic E-state index is 5.75. The van der Waals surface area contributed by atoms with Gasteiger partial charge >= 0.3 is 0 Å². The summed E-state index contributed by atoms with van der Waals surface area (Å²) < 4.78 is 16.7. The van der Waals surface area contributed by atoms with Gasteiger partial charge in [0.25, 0.3) is 0 Å². The molecule has 1 saturated heterocycles. The van der Waals surface area contributed by atoms with Gasteiger partial charge in [0.2, 0.25) is 0 Å². The molecule has 0 aromatic heterocycles. The molecule has 3 nitrogen and oxygen atoms in total. The molecule has 0 N–H and O–H groups in total. The van der Waals surface area contributed by atoms with E-state index in [0.717, 1.165) is 44.6 Å². The normalized spacial score (nSPS) is 21.6. The van der Waals surface area contributed by atoms with Gasteiger partial charge in [-0.15, -0.1) is 0 Å². The molecule has 1 spiro atoms. The van der Waals surface area contributed by atoms with Gasteiger partial charge in [0.1, 0.15) is 5.75 Å². The maximum Gasteiger partial charge on any atom is 0.169 e. The molecule has 0 amide bonds. The number of benzene rings is 1. The Bertz CT molecular complexity index is 461. The van der Waals surface area contributed by atoms with Gasteiger partial charge in [-0.1, -0.05) is 23.8 Å². The Labute approximate surface area is 114 Å². The molecule has 1 aromatic carbocycles. The lowest BCUT2D eigenvalue weighted by Gasteiger charge is -2.32. The third-order valence-electron chi connectivity index (χ3n) is 3.93. The average molecular weight is 260 g/mol. The number of allylic oxidation sites excluding steroid dienone is 1. The van der Waals surface area contributed by atoms with E-state index in [4.69, 9.17) is 14.2 Å². The van der Waals surface area contributed by atoms with Crippen LogP contribution in [0.2, 0.25) is 0 Å². The number of ether oxygens (including phenoxy) is 3. The van der Waals surface area contributed by atoms with Crippen LogP contribution in [0.3, 0.4) is 0 Å². The summed E-state index contributed by atoms with van der Waals surface area (Å²) in [5.41, 5.74) is 2.68. The summed E-state index contributed by atoms with van der Waals surface area (Å²) in [5, 5.41) is 0. The van der Waals surface area contributed by atoms with Crippen LogP contribution in [-0.4, -0.2) is 26.1 Å². The Hall–Kier alpha value is -1.32. The molecular weight excluding hydrogens is 240 g/mol. The molecular formula is C16H20O3. The highest BCUT2D eigenvalue weighted by Gasteiger charge is 2.38. The van der Waals surface area contributed by atoms with E-state index in [1.165, 1.54) is 11.1 Å². The van der Waals surface area contributed by atoms with Gasteiger partial charge in [0.05, 0.1) is 20.3 Å². The van der Waals surface area contributed by atoms with Crippen LogP contribution in [0.4, 0.5) is 0 Å². The zero-order valence-corrected chi connectivity index (χ0v) is 11.4. The molecule has 19 heavy (non-hydrogen) atoms. The van der Waals surface area contributed by atoms with Crippen LogP contribution in [0.25, 0.3) is 6.08 Å². The molecule has 1 aromatic rings. The first-order valence-electron chi connectivity index (χ1n) is 6.91. The maximum atomic E-state index is 5.75. The third-order valence-corrected chi connectivity index (χ3v) is 3.93. The van der Waals surface area contributed by atoms with E-state index >= 15 is 0 Å². The van der Waals surface area contributed by atoms with E-state index in [1.807, 2.05) is 12.1 Å². The predicted octanol–water partition coefficient (Wildman–Crippen LogP) is 3.40.